The van der Waals surface area contributed by atoms with Gasteiger partial charge in [0.1, 0.15) is 0 Å². The summed E-state index contributed by atoms with van der Waals surface area (Å²) in [5.41, 5.74) is 0. The maximum atomic E-state index is 5.37. The summed E-state index contributed by atoms with van der Waals surface area (Å²) in [7, 11) is 0. The van der Waals surface area contributed by atoms with Crippen LogP contribution in [0.1, 0.15) is 80.1 Å². The molecule has 0 aromatic carbocycles. The van der Waals surface area contributed by atoms with Crippen molar-refractivity contribution < 1.29 is 19.6 Å². The van der Waals surface area contributed by atoms with E-state index in [0.29, 0.717) is 0 Å². The second-order valence-corrected chi connectivity index (χ2v) is 5.78. The van der Waals surface area contributed by atoms with E-state index in [-0.39, 0.29) is 24.4 Å². The van der Waals surface area contributed by atoms with E-state index >= 15 is 0 Å². The van der Waals surface area contributed by atoms with Crippen molar-refractivity contribution in [1.82, 2.24) is 0 Å². The third-order valence-corrected chi connectivity index (χ3v) is 3.14. The van der Waals surface area contributed by atoms with Crippen LogP contribution in [0.2, 0.25) is 0 Å². The first kappa shape index (κ1) is 19.8. The fourth-order valence-corrected chi connectivity index (χ4v) is 1.85. The summed E-state index contributed by atoms with van der Waals surface area (Å²) in [4.78, 5) is 21.4. The van der Waals surface area contributed by atoms with Crippen molar-refractivity contribution in [2.45, 2.75) is 104 Å². The molecular formula is C16H34O4. The molecule has 4 atom stereocenters. The van der Waals surface area contributed by atoms with Crippen LogP contribution in [0.3, 0.4) is 0 Å². The van der Waals surface area contributed by atoms with Gasteiger partial charge in [-0.2, -0.15) is 0 Å². The zero-order valence-corrected chi connectivity index (χ0v) is 14.2. The van der Waals surface area contributed by atoms with E-state index in [1.165, 1.54) is 0 Å². The van der Waals surface area contributed by atoms with Gasteiger partial charge in [0.2, 0.25) is 0 Å². The Morgan fingerprint density at radius 1 is 0.500 bits per heavy atom. The molecule has 0 saturated heterocycles. The van der Waals surface area contributed by atoms with Gasteiger partial charge in [-0.1, -0.05) is 26.7 Å². The minimum Gasteiger partial charge on any atom is -0.233 e. The molecule has 0 aromatic heterocycles. The molecule has 0 saturated carbocycles. The van der Waals surface area contributed by atoms with Gasteiger partial charge in [0.25, 0.3) is 0 Å². The van der Waals surface area contributed by atoms with Gasteiger partial charge >= 0.3 is 0 Å². The van der Waals surface area contributed by atoms with Crippen molar-refractivity contribution in [3.63, 3.8) is 0 Å². The first-order valence-electron chi connectivity index (χ1n) is 8.13. The van der Waals surface area contributed by atoms with Gasteiger partial charge in [0, 0.05) is 0 Å². The maximum Gasteiger partial charge on any atom is 0.0903 e. The van der Waals surface area contributed by atoms with Gasteiger partial charge in [-0.15, -0.1) is 0 Å². The molecule has 0 amide bonds. The highest BCUT2D eigenvalue weighted by Gasteiger charge is 2.12. The maximum absolute atomic E-state index is 5.37. The summed E-state index contributed by atoms with van der Waals surface area (Å²) in [6.45, 7) is 12.4. The summed E-state index contributed by atoms with van der Waals surface area (Å²) >= 11 is 0. The lowest BCUT2D eigenvalue weighted by molar-refractivity contribution is -0.356. The largest absolute Gasteiger partial charge is 0.233 e. The Morgan fingerprint density at radius 2 is 0.750 bits per heavy atom. The Morgan fingerprint density at radius 3 is 1.00 bits per heavy atom. The molecule has 0 aliphatic rings. The quantitative estimate of drug-likeness (QED) is 0.360. The van der Waals surface area contributed by atoms with Crippen molar-refractivity contribution in [2.24, 2.45) is 0 Å². The Kier molecular flexibility index (Phi) is 12.5. The zero-order chi connectivity index (χ0) is 15.4. The van der Waals surface area contributed by atoms with Crippen LogP contribution in [0.4, 0.5) is 0 Å². The number of hydrogen-bond donors (Lipinski definition) is 0. The minimum absolute atomic E-state index is 0.0772. The third-order valence-electron chi connectivity index (χ3n) is 3.14. The monoisotopic (exact) mass is 290 g/mol. The fourth-order valence-electron chi connectivity index (χ4n) is 1.85. The fraction of sp³-hybridized carbons (Fsp3) is 1.00. The van der Waals surface area contributed by atoms with Gasteiger partial charge < -0.3 is 0 Å². The average molecular weight is 290 g/mol. The van der Waals surface area contributed by atoms with Crippen LogP contribution in [0.15, 0.2) is 0 Å². The summed E-state index contributed by atoms with van der Waals surface area (Å²) < 4.78 is 0. The predicted molar refractivity (Wildman–Crippen MR) is 81.2 cm³/mol. The van der Waals surface area contributed by atoms with Crippen molar-refractivity contribution in [1.29, 1.82) is 0 Å². The molecule has 0 aliphatic heterocycles. The molecule has 0 heterocycles. The van der Waals surface area contributed by atoms with Gasteiger partial charge in [0.05, 0.1) is 24.4 Å². The van der Waals surface area contributed by atoms with E-state index < -0.39 is 0 Å². The van der Waals surface area contributed by atoms with E-state index in [4.69, 9.17) is 19.6 Å². The molecule has 4 nitrogen and oxygen atoms in total. The molecule has 0 bridgehead atoms. The summed E-state index contributed by atoms with van der Waals surface area (Å²) in [5.74, 6) is 0. The summed E-state index contributed by atoms with van der Waals surface area (Å²) in [5, 5.41) is 0. The Balaban J connectivity index is 3.59. The molecule has 0 rings (SSSR count). The highest BCUT2D eigenvalue weighted by Crippen LogP contribution is 2.12. The van der Waals surface area contributed by atoms with Crippen LogP contribution in [-0.2, 0) is 19.6 Å². The molecule has 0 radical (unpaired) electrons. The standard InChI is InChI=1S/C16H34O4/c1-7-9-13(3)17-19-15(5)11-12-16(6)20-18-14(4)10-8-2/h13-16H,7-12H2,1-6H3. The van der Waals surface area contributed by atoms with Crippen LogP contribution in [-0.4, -0.2) is 24.4 Å². The average Bonchev–Trinajstić information content (AvgIpc) is 2.41. The van der Waals surface area contributed by atoms with Crippen LogP contribution in [0, 0.1) is 0 Å². The summed E-state index contributed by atoms with van der Waals surface area (Å²) in [6, 6.07) is 0. The highest BCUT2D eigenvalue weighted by atomic mass is 17.2. The van der Waals surface area contributed by atoms with Crippen LogP contribution in [0.5, 0.6) is 0 Å². The Hall–Kier alpha value is -0.160. The third kappa shape index (κ3) is 11.6. The number of rotatable bonds is 13. The zero-order valence-electron chi connectivity index (χ0n) is 14.2. The molecule has 0 N–H and O–H groups in total. The van der Waals surface area contributed by atoms with E-state index in [1.807, 2.05) is 27.7 Å². The van der Waals surface area contributed by atoms with E-state index in [0.717, 1.165) is 38.5 Å². The first-order chi connectivity index (χ1) is 9.49. The van der Waals surface area contributed by atoms with E-state index in [9.17, 15) is 0 Å². The molecule has 20 heavy (non-hydrogen) atoms. The van der Waals surface area contributed by atoms with Crippen molar-refractivity contribution in [3.05, 3.63) is 0 Å². The lowest BCUT2D eigenvalue weighted by Crippen LogP contribution is -2.19. The van der Waals surface area contributed by atoms with E-state index in [2.05, 4.69) is 13.8 Å². The van der Waals surface area contributed by atoms with Gasteiger partial charge in [0.15, 0.2) is 0 Å². The van der Waals surface area contributed by atoms with Crippen molar-refractivity contribution in [2.75, 3.05) is 0 Å². The SMILES string of the molecule is CCCC(C)OOC(C)CCC(C)OOC(C)CCC. The van der Waals surface area contributed by atoms with Gasteiger partial charge in [-0.05, 0) is 53.4 Å². The topological polar surface area (TPSA) is 36.9 Å². The highest BCUT2D eigenvalue weighted by molar-refractivity contribution is 4.55. The van der Waals surface area contributed by atoms with Crippen molar-refractivity contribution >= 4 is 0 Å². The second-order valence-electron chi connectivity index (χ2n) is 5.78. The summed E-state index contributed by atoms with van der Waals surface area (Å²) in [6.07, 6.45) is 6.53. The Labute approximate surface area is 125 Å². The molecule has 4 heteroatoms. The van der Waals surface area contributed by atoms with Crippen LogP contribution in [0.25, 0.3) is 0 Å². The smallest absolute Gasteiger partial charge is 0.0903 e. The molecule has 4 unspecified atom stereocenters. The van der Waals surface area contributed by atoms with Crippen molar-refractivity contribution in [3.8, 4) is 0 Å². The molecule has 0 spiro atoms. The Bertz CT molecular complexity index is 189. The van der Waals surface area contributed by atoms with E-state index in [1.54, 1.807) is 0 Å². The van der Waals surface area contributed by atoms with Gasteiger partial charge in [-0.25, -0.2) is 19.6 Å². The molecule has 0 aromatic rings. The molecule has 0 aliphatic carbocycles. The van der Waals surface area contributed by atoms with Crippen LogP contribution >= 0.6 is 0 Å². The van der Waals surface area contributed by atoms with Crippen LogP contribution < -0.4 is 0 Å². The molecule has 122 valence electrons. The number of hydrogen-bond acceptors (Lipinski definition) is 4. The minimum atomic E-state index is 0.0772. The first-order valence-corrected chi connectivity index (χ1v) is 8.13. The lowest BCUT2D eigenvalue weighted by atomic mass is 10.1. The second kappa shape index (κ2) is 12.6. The lowest BCUT2D eigenvalue weighted by Gasteiger charge is -2.19. The normalized spacial score (nSPS) is 17.7. The van der Waals surface area contributed by atoms with Gasteiger partial charge in [-0.3, -0.25) is 0 Å². The predicted octanol–water partition coefficient (Wildman–Crippen LogP) is 4.82. The molecular weight excluding hydrogens is 256 g/mol. The molecule has 0 fully saturated rings.